The largest absolute Gasteiger partial charge is 0.314 e. The molecular weight excluding hydrogens is 400 g/mol. The van der Waals surface area contributed by atoms with Crippen LogP contribution >= 0.6 is 15.9 Å². The highest BCUT2D eigenvalue weighted by Gasteiger charge is 2.14. The maximum atomic E-state index is 12.5. The minimum absolute atomic E-state index is 0.0120. The second-order valence-electron chi connectivity index (χ2n) is 5.77. The van der Waals surface area contributed by atoms with Gasteiger partial charge in [-0.3, -0.25) is 20.3 Å². The smallest absolute Gasteiger partial charge is 0.270 e. The second-order valence-corrected chi connectivity index (χ2v) is 6.68. The van der Waals surface area contributed by atoms with Gasteiger partial charge < -0.3 is 9.13 Å². The Labute approximate surface area is 157 Å². The van der Waals surface area contributed by atoms with E-state index in [0.29, 0.717) is 16.8 Å². The number of carbonyl (C=O) groups is 1. The van der Waals surface area contributed by atoms with Crippen LogP contribution in [0.5, 0.6) is 0 Å². The van der Waals surface area contributed by atoms with E-state index in [1.807, 2.05) is 6.07 Å². The minimum atomic E-state index is -0.459. The number of Topliss-reactive ketones (excluding diaryl/α,β-unsaturated/α-hetero) is 1. The number of ketones is 1. The first-order valence-electron chi connectivity index (χ1n) is 7.71. The molecule has 1 aromatic heterocycles. The van der Waals surface area contributed by atoms with Gasteiger partial charge in [0, 0.05) is 41.0 Å². The fourth-order valence-corrected chi connectivity index (χ4v) is 3.08. The Hall–Kier alpha value is -3.00. The zero-order valence-corrected chi connectivity index (χ0v) is 15.4. The summed E-state index contributed by atoms with van der Waals surface area (Å²) in [6.07, 6.45) is 1.66. The summed E-state index contributed by atoms with van der Waals surface area (Å²) in [5, 5.41) is 19.2. The van der Waals surface area contributed by atoms with Gasteiger partial charge in [0.1, 0.15) is 0 Å². The molecule has 26 heavy (non-hydrogen) atoms. The van der Waals surface area contributed by atoms with Crippen LogP contribution in [0.25, 0.3) is 11.3 Å². The molecule has 0 aliphatic heterocycles. The van der Waals surface area contributed by atoms with Crippen LogP contribution in [0.3, 0.4) is 0 Å². The van der Waals surface area contributed by atoms with Gasteiger partial charge in [-0.15, -0.1) is 0 Å². The van der Waals surface area contributed by atoms with E-state index in [1.54, 1.807) is 48.1 Å². The standard InChI is InChI=1S/C18H15BrN4O3/c1-21-16(12-4-3-7-15(9-12)23(25)26)10-22(18(21)20)11-17(24)13-5-2-6-14(19)8-13/h2-10,20H,11H2,1H3. The highest BCUT2D eigenvalue weighted by molar-refractivity contribution is 9.10. The van der Waals surface area contributed by atoms with Crippen LogP contribution in [0.4, 0.5) is 5.69 Å². The van der Waals surface area contributed by atoms with Crippen molar-refractivity contribution in [2.45, 2.75) is 6.54 Å². The molecule has 0 amide bonds. The molecule has 0 fully saturated rings. The maximum Gasteiger partial charge on any atom is 0.270 e. The molecule has 0 spiro atoms. The number of benzene rings is 2. The van der Waals surface area contributed by atoms with E-state index in [0.717, 1.165) is 4.47 Å². The Bertz CT molecular complexity index is 1070. The molecule has 1 N–H and O–H groups in total. The van der Waals surface area contributed by atoms with Crippen LogP contribution in [0.2, 0.25) is 0 Å². The number of hydrogen-bond donors (Lipinski definition) is 1. The van der Waals surface area contributed by atoms with Crippen molar-refractivity contribution >= 4 is 27.4 Å². The molecule has 0 radical (unpaired) electrons. The van der Waals surface area contributed by atoms with Gasteiger partial charge in [0.25, 0.3) is 5.69 Å². The van der Waals surface area contributed by atoms with Gasteiger partial charge in [-0.25, -0.2) is 0 Å². The number of halogens is 1. The zero-order valence-electron chi connectivity index (χ0n) is 13.8. The number of hydrogen-bond acceptors (Lipinski definition) is 4. The molecule has 0 atom stereocenters. The summed E-state index contributed by atoms with van der Waals surface area (Å²) >= 11 is 3.34. The van der Waals surface area contributed by atoms with Crippen molar-refractivity contribution in [1.29, 1.82) is 5.41 Å². The fraction of sp³-hybridized carbons (Fsp3) is 0.111. The van der Waals surface area contributed by atoms with Crippen molar-refractivity contribution in [3.8, 4) is 11.3 Å². The zero-order chi connectivity index (χ0) is 18.8. The van der Waals surface area contributed by atoms with Crippen LogP contribution in [-0.2, 0) is 13.6 Å². The molecule has 0 saturated carbocycles. The highest BCUT2D eigenvalue weighted by atomic mass is 79.9. The van der Waals surface area contributed by atoms with Crippen molar-refractivity contribution < 1.29 is 9.72 Å². The van der Waals surface area contributed by atoms with Gasteiger partial charge in [-0.2, -0.15) is 0 Å². The van der Waals surface area contributed by atoms with Crippen molar-refractivity contribution in [1.82, 2.24) is 9.13 Å². The molecule has 1 heterocycles. The van der Waals surface area contributed by atoms with Gasteiger partial charge in [-0.1, -0.05) is 40.2 Å². The lowest BCUT2D eigenvalue weighted by Crippen LogP contribution is -2.25. The third kappa shape index (κ3) is 3.50. The Morgan fingerprint density at radius 1 is 1.23 bits per heavy atom. The summed E-state index contributed by atoms with van der Waals surface area (Å²) in [4.78, 5) is 23.0. The first-order valence-corrected chi connectivity index (χ1v) is 8.50. The number of nitrogens with zero attached hydrogens (tertiary/aromatic N) is 3. The number of nitro groups is 1. The monoisotopic (exact) mass is 414 g/mol. The molecule has 0 unspecified atom stereocenters. The molecular formula is C18H15BrN4O3. The molecule has 0 aliphatic rings. The summed E-state index contributed by atoms with van der Waals surface area (Å²) in [7, 11) is 1.69. The number of imidazole rings is 1. The summed E-state index contributed by atoms with van der Waals surface area (Å²) in [6, 6.07) is 13.3. The van der Waals surface area contributed by atoms with Crippen molar-refractivity contribution in [3.05, 3.63) is 80.5 Å². The van der Waals surface area contributed by atoms with E-state index < -0.39 is 4.92 Å². The Morgan fingerprint density at radius 2 is 1.96 bits per heavy atom. The molecule has 7 nitrogen and oxygen atoms in total. The number of rotatable bonds is 5. The number of carbonyl (C=O) groups excluding carboxylic acids is 1. The lowest BCUT2D eigenvalue weighted by Gasteiger charge is -2.03. The number of aromatic nitrogens is 2. The quantitative estimate of drug-likeness (QED) is 0.393. The predicted molar refractivity (Wildman–Crippen MR) is 99.8 cm³/mol. The summed E-state index contributed by atoms with van der Waals surface area (Å²) in [5.41, 5.74) is 1.90. The van der Waals surface area contributed by atoms with E-state index in [-0.39, 0.29) is 23.6 Å². The van der Waals surface area contributed by atoms with Crippen molar-refractivity contribution in [2.24, 2.45) is 7.05 Å². The van der Waals surface area contributed by atoms with Crippen LogP contribution in [0.1, 0.15) is 10.4 Å². The third-order valence-corrected chi connectivity index (χ3v) is 4.54. The normalized spacial score (nSPS) is 10.7. The third-order valence-electron chi connectivity index (χ3n) is 4.04. The van der Waals surface area contributed by atoms with E-state index in [4.69, 9.17) is 5.41 Å². The lowest BCUT2D eigenvalue weighted by atomic mass is 10.1. The van der Waals surface area contributed by atoms with Crippen LogP contribution in [0.15, 0.2) is 59.2 Å². The Balaban J connectivity index is 1.95. The van der Waals surface area contributed by atoms with Gasteiger partial charge >= 0.3 is 0 Å². The molecule has 8 heteroatoms. The number of non-ortho nitro benzene ring substituents is 1. The molecule has 132 valence electrons. The first-order chi connectivity index (χ1) is 12.4. The second kappa shape index (κ2) is 7.09. The number of nitro benzene ring substituents is 1. The highest BCUT2D eigenvalue weighted by Crippen LogP contribution is 2.23. The van der Waals surface area contributed by atoms with Crippen LogP contribution < -0.4 is 5.62 Å². The minimum Gasteiger partial charge on any atom is -0.314 e. The van der Waals surface area contributed by atoms with Gasteiger partial charge in [0.2, 0.25) is 5.62 Å². The Kier molecular flexibility index (Phi) is 4.85. The molecule has 3 aromatic rings. The summed E-state index contributed by atoms with van der Waals surface area (Å²) < 4.78 is 3.93. The van der Waals surface area contributed by atoms with Crippen LogP contribution in [-0.4, -0.2) is 19.8 Å². The van der Waals surface area contributed by atoms with Crippen molar-refractivity contribution in [2.75, 3.05) is 0 Å². The van der Waals surface area contributed by atoms with Crippen molar-refractivity contribution in [3.63, 3.8) is 0 Å². The fourth-order valence-electron chi connectivity index (χ4n) is 2.68. The SMILES string of the molecule is Cn1c(-c2cccc([N+](=O)[O-])c2)cn(CC(=O)c2cccc(Br)c2)c1=N. The predicted octanol–water partition coefficient (Wildman–Crippen LogP) is 3.53. The van der Waals surface area contributed by atoms with Gasteiger partial charge in [0.15, 0.2) is 5.78 Å². The topological polar surface area (TPSA) is 93.9 Å². The summed E-state index contributed by atoms with van der Waals surface area (Å²) in [5.74, 6) is -0.124. The van der Waals surface area contributed by atoms with E-state index in [9.17, 15) is 14.9 Å². The van der Waals surface area contributed by atoms with E-state index in [2.05, 4.69) is 15.9 Å². The average molecular weight is 415 g/mol. The van der Waals surface area contributed by atoms with Gasteiger partial charge in [0.05, 0.1) is 17.2 Å². The Morgan fingerprint density at radius 3 is 2.65 bits per heavy atom. The molecule has 3 rings (SSSR count). The van der Waals surface area contributed by atoms with Gasteiger partial charge in [-0.05, 0) is 12.1 Å². The summed E-state index contributed by atoms with van der Waals surface area (Å²) in [6.45, 7) is 0.0120. The molecule has 2 aromatic carbocycles. The molecule has 0 saturated heterocycles. The first kappa shape index (κ1) is 17.8. The van der Waals surface area contributed by atoms with E-state index >= 15 is 0 Å². The number of nitrogens with one attached hydrogen (secondary N) is 1. The molecule has 0 aliphatic carbocycles. The maximum absolute atomic E-state index is 12.5. The molecule has 0 bridgehead atoms. The lowest BCUT2D eigenvalue weighted by molar-refractivity contribution is -0.384. The van der Waals surface area contributed by atoms with E-state index in [1.165, 1.54) is 16.7 Å². The van der Waals surface area contributed by atoms with Crippen LogP contribution in [0, 0.1) is 15.5 Å². The average Bonchev–Trinajstić information content (AvgIpc) is 2.90.